The zero-order valence-corrected chi connectivity index (χ0v) is 9.67. The van der Waals surface area contributed by atoms with E-state index < -0.39 is 5.97 Å². The molecule has 1 unspecified atom stereocenters. The number of benzene rings is 1. The molecule has 0 bridgehead atoms. The van der Waals surface area contributed by atoms with Gasteiger partial charge in [0, 0.05) is 31.3 Å². The summed E-state index contributed by atoms with van der Waals surface area (Å²) in [5, 5.41) is 17.8. The van der Waals surface area contributed by atoms with Crippen molar-refractivity contribution < 1.29 is 15.0 Å². The van der Waals surface area contributed by atoms with Crippen LogP contribution in [0.5, 0.6) is 0 Å². The molecule has 0 saturated heterocycles. The highest BCUT2D eigenvalue weighted by Crippen LogP contribution is 2.37. The van der Waals surface area contributed by atoms with Crippen LogP contribution in [0, 0.1) is 0 Å². The number of para-hydroxylation sites is 1. The molecule has 1 aliphatic heterocycles. The van der Waals surface area contributed by atoms with Gasteiger partial charge in [-0.05, 0) is 18.1 Å². The van der Waals surface area contributed by atoms with Crippen LogP contribution in [0.15, 0.2) is 24.3 Å². The number of rotatable bonds is 5. The molecule has 0 aliphatic carbocycles. The van der Waals surface area contributed by atoms with Gasteiger partial charge in [0.05, 0.1) is 6.42 Å². The molecule has 1 aromatic carbocycles. The van der Waals surface area contributed by atoms with Crippen LogP contribution in [-0.2, 0) is 4.79 Å². The van der Waals surface area contributed by atoms with E-state index >= 15 is 0 Å². The smallest absolute Gasteiger partial charge is 0.304 e. The second-order valence-electron chi connectivity index (χ2n) is 4.38. The lowest BCUT2D eigenvalue weighted by Gasteiger charge is -2.19. The number of aliphatic hydroxyl groups excluding tert-OH is 1. The molecule has 0 saturated carbocycles. The van der Waals surface area contributed by atoms with Crippen molar-refractivity contribution in [2.75, 3.05) is 24.6 Å². The molecule has 0 amide bonds. The van der Waals surface area contributed by atoms with Crippen molar-refractivity contribution in [3.05, 3.63) is 29.8 Å². The molecule has 0 fully saturated rings. The zero-order valence-electron chi connectivity index (χ0n) is 9.67. The number of anilines is 1. The molecule has 1 aliphatic rings. The first-order chi connectivity index (χ1) is 8.22. The molecule has 1 aromatic rings. The van der Waals surface area contributed by atoms with Gasteiger partial charge >= 0.3 is 5.97 Å². The average Bonchev–Trinajstić information content (AvgIpc) is 2.65. The Balaban J connectivity index is 2.17. The SMILES string of the molecule is O=C(O)CC1CN(CCCO)c2ccccc21. The number of hydrogen-bond donors (Lipinski definition) is 2. The molecule has 2 N–H and O–H groups in total. The Morgan fingerprint density at radius 3 is 2.88 bits per heavy atom. The minimum atomic E-state index is -0.756. The van der Waals surface area contributed by atoms with Gasteiger partial charge in [0.15, 0.2) is 0 Å². The number of hydrogen-bond acceptors (Lipinski definition) is 3. The van der Waals surface area contributed by atoms with Crippen LogP contribution in [0.1, 0.15) is 24.3 Å². The number of carboxylic acid groups (broad SMARTS) is 1. The van der Waals surface area contributed by atoms with Gasteiger partial charge in [0.25, 0.3) is 0 Å². The number of fused-ring (bicyclic) bond motifs is 1. The number of carbonyl (C=O) groups is 1. The van der Waals surface area contributed by atoms with Gasteiger partial charge < -0.3 is 15.1 Å². The van der Waals surface area contributed by atoms with Crippen molar-refractivity contribution in [3.8, 4) is 0 Å². The number of aliphatic hydroxyl groups is 1. The first-order valence-electron chi connectivity index (χ1n) is 5.89. The van der Waals surface area contributed by atoms with Gasteiger partial charge in [-0.3, -0.25) is 4.79 Å². The maximum Gasteiger partial charge on any atom is 0.304 e. The summed E-state index contributed by atoms with van der Waals surface area (Å²) < 4.78 is 0. The largest absolute Gasteiger partial charge is 0.481 e. The van der Waals surface area contributed by atoms with Crippen molar-refractivity contribution >= 4 is 11.7 Å². The van der Waals surface area contributed by atoms with Crippen LogP contribution >= 0.6 is 0 Å². The summed E-state index contributed by atoms with van der Waals surface area (Å²) in [6, 6.07) is 7.94. The second-order valence-corrected chi connectivity index (χ2v) is 4.38. The van der Waals surface area contributed by atoms with Crippen LogP contribution in [-0.4, -0.2) is 35.9 Å². The van der Waals surface area contributed by atoms with E-state index in [0.717, 1.165) is 24.3 Å². The van der Waals surface area contributed by atoms with E-state index in [1.807, 2.05) is 24.3 Å². The van der Waals surface area contributed by atoms with Gasteiger partial charge in [-0.2, -0.15) is 0 Å². The van der Waals surface area contributed by atoms with E-state index in [9.17, 15) is 4.79 Å². The van der Waals surface area contributed by atoms with Crippen molar-refractivity contribution in [1.29, 1.82) is 0 Å². The number of carboxylic acids is 1. The summed E-state index contributed by atoms with van der Waals surface area (Å²) in [6.45, 7) is 1.69. The van der Waals surface area contributed by atoms with Gasteiger partial charge in [0.1, 0.15) is 0 Å². The first kappa shape index (κ1) is 11.9. The predicted molar refractivity (Wildman–Crippen MR) is 65.4 cm³/mol. The molecule has 0 aromatic heterocycles. The Bertz CT molecular complexity index is 405. The summed E-state index contributed by atoms with van der Waals surface area (Å²) in [5.74, 6) is -0.684. The van der Waals surface area contributed by atoms with E-state index in [-0.39, 0.29) is 18.9 Å². The molecular formula is C13H17NO3. The molecular weight excluding hydrogens is 218 g/mol. The molecule has 0 spiro atoms. The average molecular weight is 235 g/mol. The van der Waals surface area contributed by atoms with Crippen molar-refractivity contribution in [3.63, 3.8) is 0 Å². The lowest BCUT2D eigenvalue weighted by Crippen LogP contribution is -2.24. The third-order valence-electron chi connectivity index (χ3n) is 3.17. The van der Waals surface area contributed by atoms with Gasteiger partial charge in [0.2, 0.25) is 0 Å². The lowest BCUT2D eigenvalue weighted by atomic mass is 9.98. The highest BCUT2D eigenvalue weighted by molar-refractivity contribution is 5.71. The maximum atomic E-state index is 10.8. The Kier molecular flexibility index (Phi) is 3.64. The van der Waals surface area contributed by atoms with Gasteiger partial charge in [-0.1, -0.05) is 18.2 Å². The fourth-order valence-corrected chi connectivity index (χ4v) is 2.44. The Morgan fingerprint density at radius 2 is 2.18 bits per heavy atom. The van der Waals surface area contributed by atoms with Crippen LogP contribution in [0.4, 0.5) is 5.69 Å². The Hall–Kier alpha value is -1.55. The Morgan fingerprint density at radius 1 is 1.41 bits per heavy atom. The van der Waals surface area contributed by atoms with Crippen LogP contribution < -0.4 is 4.90 Å². The van der Waals surface area contributed by atoms with Crippen molar-refractivity contribution in [2.24, 2.45) is 0 Å². The standard InChI is InChI=1S/C13H17NO3/c15-7-3-6-14-9-10(8-13(16)17)11-4-1-2-5-12(11)14/h1-2,4-5,10,15H,3,6-9H2,(H,16,17). The van der Waals surface area contributed by atoms with E-state index in [1.54, 1.807) is 0 Å². The van der Waals surface area contributed by atoms with Crippen LogP contribution in [0.3, 0.4) is 0 Å². The lowest BCUT2D eigenvalue weighted by molar-refractivity contribution is -0.137. The number of aliphatic carboxylic acids is 1. The molecule has 1 atom stereocenters. The van der Waals surface area contributed by atoms with Crippen LogP contribution in [0.2, 0.25) is 0 Å². The summed E-state index contributed by atoms with van der Waals surface area (Å²) in [6.07, 6.45) is 0.890. The van der Waals surface area contributed by atoms with Gasteiger partial charge in [-0.25, -0.2) is 0 Å². The van der Waals surface area contributed by atoms with E-state index in [2.05, 4.69) is 4.90 Å². The Labute approximate surface area is 100 Å². The molecule has 2 rings (SSSR count). The van der Waals surface area contributed by atoms with Crippen LogP contribution in [0.25, 0.3) is 0 Å². The molecule has 17 heavy (non-hydrogen) atoms. The monoisotopic (exact) mass is 235 g/mol. The molecule has 1 heterocycles. The minimum absolute atomic E-state index is 0.0717. The third-order valence-corrected chi connectivity index (χ3v) is 3.17. The van der Waals surface area contributed by atoms with Crippen molar-refractivity contribution in [1.82, 2.24) is 0 Å². The normalized spacial score (nSPS) is 18.2. The highest BCUT2D eigenvalue weighted by atomic mass is 16.4. The molecule has 0 radical (unpaired) electrons. The molecule has 92 valence electrons. The topological polar surface area (TPSA) is 60.8 Å². The fourth-order valence-electron chi connectivity index (χ4n) is 2.44. The summed E-state index contributed by atoms with van der Waals surface area (Å²) in [5.41, 5.74) is 2.24. The van der Waals surface area contributed by atoms with Gasteiger partial charge in [-0.15, -0.1) is 0 Å². The highest BCUT2D eigenvalue weighted by Gasteiger charge is 2.29. The summed E-state index contributed by atoms with van der Waals surface area (Å²) >= 11 is 0. The predicted octanol–water partition coefficient (Wildman–Crippen LogP) is 1.45. The van der Waals surface area contributed by atoms with E-state index in [1.165, 1.54) is 0 Å². The van der Waals surface area contributed by atoms with E-state index in [0.29, 0.717) is 6.42 Å². The third kappa shape index (κ3) is 2.58. The maximum absolute atomic E-state index is 10.8. The second kappa shape index (κ2) is 5.19. The molecule has 4 heteroatoms. The molecule has 4 nitrogen and oxygen atoms in total. The summed E-state index contributed by atoms with van der Waals surface area (Å²) in [7, 11) is 0. The fraction of sp³-hybridized carbons (Fsp3) is 0.462. The number of nitrogens with zero attached hydrogens (tertiary/aromatic N) is 1. The quantitative estimate of drug-likeness (QED) is 0.811. The summed E-state index contributed by atoms with van der Waals surface area (Å²) in [4.78, 5) is 13.0. The van der Waals surface area contributed by atoms with Crippen molar-refractivity contribution in [2.45, 2.75) is 18.8 Å². The minimum Gasteiger partial charge on any atom is -0.481 e. The zero-order chi connectivity index (χ0) is 12.3. The van der Waals surface area contributed by atoms with E-state index in [4.69, 9.17) is 10.2 Å². The first-order valence-corrected chi connectivity index (χ1v) is 5.89.